The molecule has 1 aliphatic rings. The number of benzene rings is 1. The van der Waals surface area contributed by atoms with Gasteiger partial charge in [-0.15, -0.1) is 0 Å². The number of rotatable bonds is 2. The van der Waals surface area contributed by atoms with Gasteiger partial charge in [-0.05, 0) is 44.7 Å². The van der Waals surface area contributed by atoms with Crippen LogP contribution >= 0.6 is 0 Å². The van der Waals surface area contributed by atoms with Crippen molar-refractivity contribution in [1.29, 1.82) is 0 Å². The van der Waals surface area contributed by atoms with E-state index in [9.17, 15) is 15.0 Å². The molecule has 0 unspecified atom stereocenters. The summed E-state index contributed by atoms with van der Waals surface area (Å²) in [5.74, 6) is 0. The summed E-state index contributed by atoms with van der Waals surface area (Å²) in [4.78, 5) is 13.7. The van der Waals surface area contributed by atoms with Gasteiger partial charge >= 0.3 is 6.09 Å². The van der Waals surface area contributed by atoms with Crippen LogP contribution in [0.5, 0.6) is 0 Å². The Hall–Kier alpha value is -1.59. The van der Waals surface area contributed by atoms with Crippen molar-refractivity contribution in [1.82, 2.24) is 4.90 Å². The van der Waals surface area contributed by atoms with Gasteiger partial charge in [0.05, 0.1) is 12.2 Å². The molecule has 0 saturated carbocycles. The molecule has 0 aromatic heterocycles. The van der Waals surface area contributed by atoms with Gasteiger partial charge in [0.2, 0.25) is 0 Å². The lowest BCUT2D eigenvalue weighted by Crippen LogP contribution is -2.47. The van der Waals surface area contributed by atoms with Crippen LogP contribution < -0.4 is 0 Å². The lowest BCUT2D eigenvalue weighted by molar-refractivity contribution is -0.0365. The molecule has 1 fully saturated rings. The van der Waals surface area contributed by atoms with Gasteiger partial charge in [-0.2, -0.15) is 0 Å². The fraction of sp³-hybridized carbons (Fsp3) is 0.588. The molecule has 5 nitrogen and oxygen atoms in total. The second-order valence-corrected chi connectivity index (χ2v) is 6.81. The Morgan fingerprint density at radius 1 is 1.27 bits per heavy atom. The molecule has 1 amide bonds. The van der Waals surface area contributed by atoms with Crippen molar-refractivity contribution in [3.63, 3.8) is 0 Å². The van der Waals surface area contributed by atoms with Gasteiger partial charge in [0, 0.05) is 13.1 Å². The monoisotopic (exact) mass is 307 g/mol. The van der Waals surface area contributed by atoms with Gasteiger partial charge < -0.3 is 19.8 Å². The largest absolute Gasteiger partial charge is 0.444 e. The minimum Gasteiger partial charge on any atom is -0.444 e. The van der Waals surface area contributed by atoms with Crippen molar-refractivity contribution in [2.45, 2.75) is 51.4 Å². The van der Waals surface area contributed by atoms with Gasteiger partial charge in [0.1, 0.15) is 5.60 Å². The Morgan fingerprint density at radius 2 is 1.86 bits per heavy atom. The van der Waals surface area contributed by atoms with Crippen molar-refractivity contribution in [2.24, 2.45) is 0 Å². The van der Waals surface area contributed by atoms with Gasteiger partial charge in [-0.25, -0.2) is 4.79 Å². The molecular weight excluding hydrogens is 282 g/mol. The van der Waals surface area contributed by atoms with Crippen LogP contribution in [0.4, 0.5) is 4.79 Å². The highest BCUT2D eigenvalue weighted by Gasteiger charge is 2.37. The maximum Gasteiger partial charge on any atom is 0.410 e. The molecule has 1 saturated heterocycles. The van der Waals surface area contributed by atoms with Gasteiger partial charge in [-0.3, -0.25) is 0 Å². The SMILES string of the molecule is CC(C)(C)OC(=O)N1CCC(O)(c2ccccc2CO)CC1. The average molecular weight is 307 g/mol. The number of likely N-dealkylation sites (tertiary alicyclic amines) is 1. The van der Waals surface area contributed by atoms with E-state index in [4.69, 9.17) is 4.74 Å². The van der Waals surface area contributed by atoms with E-state index in [1.807, 2.05) is 45.0 Å². The molecule has 0 bridgehead atoms. The maximum atomic E-state index is 12.1. The first kappa shape index (κ1) is 16.8. The smallest absolute Gasteiger partial charge is 0.410 e. The van der Waals surface area contributed by atoms with E-state index in [-0.39, 0.29) is 12.7 Å². The molecule has 1 aromatic carbocycles. The van der Waals surface area contributed by atoms with Crippen LogP contribution in [0.2, 0.25) is 0 Å². The normalized spacial score (nSPS) is 18.1. The molecule has 5 heteroatoms. The number of hydrogen-bond acceptors (Lipinski definition) is 4. The van der Waals surface area contributed by atoms with E-state index in [1.165, 1.54) is 0 Å². The predicted molar refractivity (Wildman–Crippen MR) is 83.3 cm³/mol. The molecule has 1 aliphatic heterocycles. The van der Waals surface area contributed by atoms with Crippen LogP contribution in [0.15, 0.2) is 24.3 Å². The standard InChI is InChI=1S/C17H25NO4/c1-16(2,3)22-15(20)18-10-8-17(21,9-11-18)14-7-5-4-6-13(14)12-19/h4-7,19,21H,8-12H2,1-3H3. The van der Waals surface area contributed by atoms with Crippen LogP contribution in [-0.4, -0.2) is 39.9 Å². The molecule has 1 heterocycles. The van der Waals surface area contributed by atoms with Crippen molar-refractivity contribution in [2.75, 3.05) is 13.1 Å². The van der Waals surface area contributed by atoms with Gasteiger partial charge in [-0.1, -0.05) is 24.3 Å². The third kappa shape index (κ3) is 3.78. The zero-order valence-electron chi connectivity index (χ0n) is 13.5. The van der Waals surface area contributed by atoms with E-state index >= 15 is 0 Å². The summed E-state index contributed by atoms with van der Waals surface area (Å²) in [6, 6.07) is 7.35. The molecule has 122 valence electrons. The lowest BCUT2D eigenvalue weighted by Gasteiger charge is -2.39. The fourth-order valence-electron chi connectivity index (χ4n) is 2.77. The first-order chi connectivity index (χ1) is 10.2. The zero-order valence-corrected chi connectivity index (χ0v) is 13.5. The van der Waals surface area contributed by atoms with E-state index in [0.29, 0.717) is 25.9 Å². The number of carbonyl (C=O) groups excluding carboxylic acids is 1. The summed E-state index contributed by atoms with van der Waals surface area (Å²) in [7, 11) is 0. The van der Waals surface area contributed by atoms with E-state index in [1.54, 1.807) is 4.90 Å². The van der Waals surface area contributed by atoms with E-state index in [2.05, 4.69) is 0 Å². The Morgan fingerprint density at radius 3 is 2.41 bits per heavy atom. The Labute approximate surface area is 131 Å². The predicted octanol–water partition coefficient (Wildman–Crippen LogP) is 2.40. The molecule has 22 heavy (non-hydrogen) atoms. The number of amides is 1. The number of hydrogen-bond donors (Lipinski definition) is 2. The van der Waals surface area contributed by atoms with Crippen molar-refractivity contribution in [3.05, 3.63) is 35.4 Å². The summed E-state index contributed by atoms with van der Waals surface area (Å²) in [6.45, 7) is 6.28. The number of aliphatic hydroxyl groups excluding tert-OH is 1. The highest BCUT2D eigenvalue weighted by atomic mass is 16.6. The number of aliphatic hydroxyl groups is 2. The quantitative estimate of drug-likeness (QED) is 0.880. The molecule has 0 atom stereocenters. The van der Waals surface area contributed by atoms with Crippen LogP contribution in [0.25, 0.3) is 0 Å². The Balaban J connectivity index is 2.06. The summed E-state index contributed by atoms with van der Waals surface area (Å²) in [6.07, 6.45) is 0.525. The zero-order chi connectivity index (χ0) is 16.4. The third-order valence-corrected chi connectivity index (χ3v) is 3.93. The lowest BCUT2D eigenvalue weighted by atomic mass is 9.82. The highest BCUT2D eigenvalue weighted by molar-refractivity contribution is 5.68. The average Bonchev–Trinajstić information content (AvgIpc) is 2.46. The molecule has 2 N–H and O–H groups in total. The molecule has 0 radical (unpaired) electrons. The Bertz CT molecular complexity index is 528. The minimum absolute atomic E-state index is 0.103. The highest BCUT2D eigenvalue weighted by Crippen LogP contribution is 2.35. The van der Waals surface area contributed by atoms with Crippen LogP contribution in [0.3, 0.4) is 0 Å². The fourth-order valence-corrected chi connectivity index (χ4v) is 2.77. The van der Waals surface area contributed by atoms with Crippen LogP contribution in [-0.2, 0) is 16.9 Å². The van der Waals surface area contributed by atoms with Crippen molar-refractivity contribution in [3.8, 4) is 0 Å². The molecular formula is C17H25NO4. The van der Waals surface area contributed by atoms with E-state index in [0.717, 1.165) is 11.1 Å². The second-order valence-electron chi connectivity index (χ2n) is 6.81. The molecule has 1 aromatic rings. The summed E-state index contributed by atoms with van der Waals surface area (Å²) in [5.41, 5.74) is -0.0383. The summed E-state index contributed by atoms with van der Waals surface area (Å²) < 4.78 is 5.36. The number of nitrogens with zero attached hydrogens (tertiary/aromatic N) is 1. The maximum absolute atomic E-state index is 12.1. The second kappa shape index (κ2) is 6.26. The van der Waals surface area contributed by atoms with Crippen molar-refractivity contribution < 1.29 is 19.7 Å². The first-order valence-corrected chi connectivity index (χ1v) is 7.65. The van der Waals surface area contributed by atoms with Crippen molar-refractivity contribution >= 4 is 6.09 Å². The number of piperidine rings is 1. The topological polar surface area (TPSA) is 70.0 Å². The number of carbonyl (C=O) groups is 1. The number of ether oxygens (including phenoxy) is 1. The Kier molecular flexibility index (Phi) is 4.78. The van der Waals surface area contributed by atoms with Gasteiger partial charge in [0.25, 0.3) is 0 Å². The van der Waals surface area contributed by atoms with E-state index < -0.39 is 11.2 Å². The molecule has 0 spiro atoms. The summed E-state index contributed by atoms with van der Waals surface area (Å²) >= 11 is 0. The van der Waals surface area contributed by atoms with Crippen LogP contribution in [0, 0.1) is 0 Å². The molecule has 2 rings (SSSR count). The first-order valence-electron chi connectivity index (χ1n) is 7.65. The minimum atomic E-state index is -1.00. The third-order valence-electron chi connectivity index (χ3n) is 3.93. The summed E-state index contributed by atoms with van der Waals surface area (Å²) in [5, 5.41) is 20.3. The molecule has 0 aliphatic carbocycles. The van der Waals surface area contributed by atoms with Crippen LogP contribution in [0.1, 0.15) is 44.7 Å². The van der Waals surface area contributed by atoms with Gasteiger partial charge in [0.15, 0.2) is 0 Å².